The van der Waals surface area contributed by atoms with E-state index in [2.05, 4.69) is 17.5 Å². The van der Waals surface area contributed by atoms with Crippen LogP contribution in [0.3, 0.4) is 0 Å². The fourth-order valence-corrected chi connectivity index (χ4v) is 2.09. The number of hydrogen-bond donors (Lipinski definition) is 2. The molecule has 90 valence electrons. The van der Waals surface area contributed by atoms with Gasteiger partial charge in [0.2, 0.25) is 5.91 Å². The molecule has 1 amide bonds. The van der Waals surface area contributed by atoms with E-state index in [-0.39, 0.29) is 11.8 Å². The highest BCUT2D eigenvalue weighted by molar-refractivity contribution is 5.93. The molecule has 1 unspecified atom stereocenters. The molecule has 0 fully saturated rings. The van der Waals surface area contributed by atoms with Gasteiger partial charge in [-0.1, -0.05) is 30.4 Å². The second-order valence-corrected chi connectivity index (χ2v) is 4.33. The Morgan fingerprint density at radius 2 is 2.18 bits per heavy atom. The first-order chi connectivity index (χ1) is 8.31. The molecule has 3 heteroatoms. The zero-order valence-electron chi connectivity index (χ0n) is 9.86. The lowest BCUT2D eigenvalue weighted by Crippen LogP contribution is -2.24. The summed E-state index contributed by atoms with van der Waals surface area (Å²) in [4.78, 5) is 12.0. The third-order valence-electron chi connectivity index (χ3n) is 3.13. The van der Waals surface area contributed by atoms with E-state index in [0.29, 0.717) is 6.54 Å². The number of hydrogen-bond acceptors (Lipinski definition) is 2. The van der Waals surface area contributed by atoms with Gasteiger partial charge in [0, 0.05) is 18.2 Å². The Morgan fingerprint density at radius 1 is 1.35 bits per heavy atom. The van der Waals surface area contributed by atoms with Gasteiger partial charge < -0.3 is 11.1 Å². The van der Waals surface area contributed by atoms with E-state index in [9.17, 15) is 4.79 Å². The zero-order chi connectivity index (χ0) is 12.1. The van der Waals surface area contributed by atoms with Crippen molar-refractivity contribution in [1.29, 1.82) is 0 Å². The highest BCUT2D eigenvalue weighted by atomic mass is 16.1. The van der Waals surface area contributed by atoms with Gasteiger partial charge in [-0.2, -0.15) is 0 Å². The number of para-hydroxylation sites is 1. The van der Waals surface area contributed by atoms with E-state index in [4.69, 9.17) is 5.73 Å². The van der Waals surface area contributed by atoms with Crippen molar-refractivity contribution in [1.82, 2.24) is 0 Å². The predicted octanol–water partition coefficient (Wildman–Crippen LogP) is 2.44. The lowest BCUT2D eigenvalue weighted by atomic mass is 9.93. The van der Waals surface area contributed by atoms with Crippen LogP contribution in [-0.4, -0.2) is 5.91 Å². The van der Waals surface area contributed by atoms with Crippen LogP contribution in [0.2, 0.25) is 0 Å². The lowest BCUT2D eigenvalue weighted by molar-refractivity contribution is -0.120. The summed E-state index contributed by atoms with van der Waals surface area (Å²) in [5.41, 5.74) is 7.46. The van der Waals surface area contributed by atoms with E-state index < -0.39 is 0 Å². The Balaban J connectivity index is 2.04. The SMILES string of the molecule is NCc1ccccc1NC(=O)C1CC=CCC1. The highest BCUT2D eigenvalue weighted by Gasteiger charge is 2.19. The van der Waals surface area contributed by atoms with Crippen molar-refractivity contribution in [2.75, 3.05) is 5.32 Å². The van der Waals surface area contributed by atoms with Crippen molar-refractivity contribution in [2.24, 2.45) is 11.7 Å². The number of anilines is 1. The molecule has 3 N–H and O–H groups in total. The van der Waals surface area contributed by atoms with Gasteiger partial charge in [0.05, 0.1) is 0 Å². The van der Waals surface area contributed by atoms with Crippen LogP contribution < -0.4 is 11.1 Å². The molecule has 1 atom stereocenters. The van der Waals surface area contributed by atoms with Gasteiger partial charge in [-0.05, 0) is 30.9 Å². The maximum atomic E-state index is 12.0. The number of amides is 1. The molecule has 0 aliphatic heterocycles. The molecule has 0 saturated heterocycles. The molecule has 0 aromatic heterocycles. The van der Waals surface area contributed by atoms with Gasteiger partial charge in [0.15, 0.2) is 0 Å². The average molecular weight is 230 g/mol. The Morgan fingerprint density at radius 3 is 2.88 bits per heavy atom. The average Bonchev–Trinajstić information content (AvgIpc) is 2.40. The van der Waals surface area contributed by atoms with Crippen molar-refractivity contribution < 1.29 is 4.79 Å². The predicted molar refractivity (Wildman–Crippen MR) is 69.4 cm³/mol. The molecular weight excluding hydrogens is 212 g/mol. The summed E-state index contributed by atoms with van der Waals surface area (Å²) in [5, 5.41) is 2.98. The summed E-state index contributed by atoms with van der Waals surface area (Å²) in [7, 11) is 0. The number of nitrogens with two attached hydrogens (primary N) is 1. The summed E-state index contributed by atoms with van der Waals surface area (Å²) in [6.07, 6.45) is 7.00. The number of carbonyl (C=O) groups excluding carboxylic acids is 1. The second-order valence-electron chi connectivity index (χ2n) is 4.33. The summed E-state index contributed by atoms with van der Waals surface area (Å²) >= 11 is 0. The molecule has 17 heavy (non-hydrogen) atoms. The molecule has 1 aliphatic carbocycles. The topological polar surface area (TPSA) is 55.1 Å². The van der Waals surface area contributed by atoms with Crippen LogP contribution in [0.1, 0.15) is 24.8 Å². The summed E-state index contributed by atoms with van der Waals surface area (Å²) in [6.45, 7) is 0.445. The maximum Gasteiger partial charge on any atom is 0.227 e. The number of nitrogens with one attached hydrogen (secondary N) is 1. The van der Waals surface area contributed by atoms with Crippen molar-refractivity contribution in [3.63, 3.8) is 0 Å². The number of benzene rings is 1. The lowest BCUT2D eigenvalue weighted by Gasteiger charge is -2.18. The second kappa shape index (κ2) is 5.64. The summed E-state index contributed by atoms with van der Waals surface area (Å²) in [6, 6.07) is 7.69. The smallest absolute Gasteiger partial charge is 0.227 e. The van der Waals surface area contributed by atoms with Crippen molar-refractivity contribution in [3.05, 3.63) is 42.0 Å². The van der Waals surface area contributed by atoms with Gasteiger partial charge in [0.25, 0.3) is 0 Å². The third kappa shape index (κ3) is 2.94. The fourth-order valence-electron chi connectivity index (χ4n) is 2.09. The van der Waals surface area contributed by atoms with Crippen molar-refractivity contribution in [2.45, 2.75) is 25.8 Å². The molecule has 1 aromatic rings. The Kier molecular flexibility index (Phi) is 3.94. The number of carbonyl (C=O) groups is 1. The van der Waals surface area contributed by atoms with Crippen LogP contribution in [0.5, 0.6) is 0 Å². The van der Waals surface area contributed by atoms with Gasteiger partial charge in [-0.3, -0.25) is 4.79 Å². The van der Waals surface area contributed by atoms with Crippen molar-refractivity contribution in [3.8, 4) is 0 Å². The Labute approximate surface area is 102 Å². The summed E-state index contributed by atoms with van der Waals surface area (Å²) < 4.78 is 0. The first kappa shape index (κ1) is 11.9. The molecular formula is C14H18N2O. The standard InChI is InChI=1S/C14H18N2O/c15-10-12-8-4-5-9-13(12)16-14(17)11-6-2-1-3-7-11/h1-2,4-5,8-9,11H,3,6-7,10,15H2,(H,16,17). The minimum absolute atomic E-state index is 0.103. The largest absolute Gasteiger partial charge is 0.326 e. The Bertz CT molecular complexity index is 426. The van der Waals surface area contributed by atoms with Crippen molar-refractivity contribution >= 4 is 11.6 Å². The fraction of sp³-hybridized carbons (Fsp3) is 0.357. The molecule has 1 aliphatic rings. The van der Waals surface area contributed by atoms with Crippen LogP contribution >= 0.6 is 0 Å². The van der Waals surface area contributed by atoms with Crippen LogP contribution in [0.15, 0.2) is 36.4 Å². The monoisotopic (exact) mass is 230 g/mol. The normalized spacial score (nSPS) is 19.0. The molecule has 0 radical (unpaired) electrons. The Hall–Kier alpha value is -1.61. The molecule has 3 nitrogen and oxygen atoms in total. The molecule has 0 spiro atoms. The van der Waals surface area contributed by atoms with Gasteiger partial charge in [-0.15, -0.1) is 0 Å². The molecule has 2 rings (SSSR count). The quantitative estimate of drug-likeness (QED) is 0.784. The van der Waals surface area contributed by atoms with E-state index in [1.54, 1.807) is 0 Å². The van der Waals surface area contributed by atoms with E-state index in [1.807, 2.05) is 24.3 Å². The summed E-state index contributed by atoms with van der Waals surface area (Å²) in [5.74, 6) is 0.209. The minimum Gasteiger partial charge on any atom is -0.326 e. The van der Waals surface area contributed by atoms with Crippen LogP contribution in [0.4, 0.5) is 5.69 Å². The van der Waals surface area contributed by atoms with Crippen LogP contribution in [0, 0.1) is 5.92 Å². The van der Waals surface area contributed by atoms with Gasteiger partial charge >= 0.3 is 0 Å². The highest BCUT2D eigenvalue weighted by Crippen LogP contribution is 2.21. The van der Waals surface area contributed by atoms with Crippen LogP contribution in [0.25, 0.3) is 0 Å². The van der Waals surface area contributed by atoms with E-state index >= 15 is 0 Å². The minimum atomic E-state index is 0.103. The maximum absolute atomic E-state index is 12.0. The zero-order valence-corrected chi connectivity index (χ0v) is 9.86. The first-order valence-electron chi connectivity index (χ1n) is 6.05. The van der Waals surface area contributed by atoms with Gasteiger partial charge in [0.1, 0.15) is 0 Å². The van der Waals surface area contributed by atoms with Crippen LogP contribution in [-0.2, 0) is 11.3 Å². The molecule has 1 aromatic carbocycles. The first-order valence-corrected chi connectivity index (χ1v) is 6.05. The number of allylic oxidation sites excluding steroid dienone is 2. The molecule has 0 bridgehead atoms. The van der Waals surface area contributed by atoms with E-state index in [0.717, 1.165) is 30.5 Å². The number of rotatable bonds is 3. The molecule has 0 heterocycles. The molecule has 0 saturated carbocycles. The third-order valence-corrected chi connectivity index (χ3v) is 3.13. The van der Waals surface area contributed by atoms with Gasteiger partial charge in [-0.25, -0.2) is 0 Å². The van der Waals surface area contributed by atoms with E-state index in [1.165, 1.54) is 0 Å².